The van der Waals surface area contributed by atoms with Crippen LogP contribution in [0, 0.1) is 11.8 Å². The highest BCUT2D eigenvalue weighted by molar-refractivity contribution is 5.78. The Hall–Kier alpha value is -0.730. The molecule has 1 aliphatic rings. The molecule has 1 rings (SSSR count). The van der Waals surface area contributed by atoms with Gasteiger partial charge in [0.05, 0.1) is 0 Å². The molecule has 1 heterocycles. The molecule has 0 aromatic carbocycles. The molecule has 0 aliphatic carbocycles. The average Bonchev–Trinajstić information content (AvgIpc) is 2.19. The highest BCUT2D eigenvalue weighted by atomic mass is 15.3. The molecule has 0 spiro atoms. The normalized spacial score (nSPS) is 33.2. The van der Waals surface area contributed by atoms with Gasteiger partial charge in [0.2, 0.25) is 0 Å². The Morgan fingerprint density at radius 3 is 2.67 bits per heavy atom. The van der Waals surface area contributed by atoms with Gasteiger partial charge in [-0.3, -0.25) is 4.99 Å². The fraction of sp³-hybridized carbons (Fsp3) is 0.917. The van der Waals surface area contributed by atoms with Gasteiger partial charge in [-0.1, -0.05) is 20.8 Å². The summed E-state index contributed by atoms with van der Waals surface area (Å²) < 4.78 is 0. The smallest absolute Gasteiger partial charge is 0.191 e. The Bertz CT molecular complexity index is 225. The number of nitrogens with zero attached hydrogens (tertiary/aromatic N) is 2. The Morgan fingerprint density at radius 1 is 1.40 bits per heavy atom. The van der Waals surface area contributed by atoms with Gasteiger partial charge in [-0.25, -0.2) is 0 Å². The molecule has 1 fully saturated rings. The van der Waals surface area contributed by atoms with Crippen molar-refractivity contribution in [1.29, 1.82) is 0 Å². The van der Waals surface area contributed by atoms with Gasteiger partial charge < -0.3 is 10.6 Å². The third-order valence-corrected chi connectivity index (χ3v) is 3.39. The fourth-order valence-corrected chi connectivity index (χ4v) is 2.33. The van der Waals surface area contributed by atoms with Crippen LogP contribution in [0.15, 0.2) is 4.99 Å². The van der Waals surface area contributed by atoms with Crippen molar-refractivity contribution in [2.45, 2.75) is 46.6 Å². The number of hydrogen-bond donors (Lipinski definition) is 1. The maximum absolute atomic E-state index is 6.03. The topological polar surface area (TPSA) is 41.6 Å². The van der Waals surface area contributed by atoms with Gasteiger partial charge >= 0.3 is 0 Å². The van der Waals surface area contributed by atoms with Gasteiger partial charge in [0.1, 0.15) is 0 Å². The maximum Gasteiger partial charge on any atom is 0.191 e. The van der Waals surface area contributed by atoms with E-state index >= 15 is 0 Å². The van der Waals surface area contributed by atoms with Crippen molar-refractivity contribution in [3.8, 4) is 0 Å². The van der Waals surface area contributed by atoms with Crippen LogP contribution in [0.3, 0.4) is 0 Å². The Balaban J connectivity index is 2.65. The Morgan fingerprint density at radius 2 is 2.07 bits per heavy atom. The van der Waals surface area contributed by atoms with Crippen molar-refractivity contribution in [1.82, 2.24) is 4.90 Å². The maximum atomic E-state index is 6.03. The number of hydrogen-bond acceptors (Lipinski definition) is 1. The third kappa shape index (κ3) is 3.11. The molecule has 1 saturated heterocycles. The molecule has 2 N–H and O–H groups in total. The van der Waals surface area contributed by atoms with Crippen LogP contribution in [-0.2, 0) is 0 Å². The van der Waals surface area contributed by atoms with Crippen molar-refractivity contribution in [3.05, 3.63) is 0 Å². The van der Waals surface area contributed by atoms with E-state index in [0.29, 0.717) is 12.0 Å². The zero-order chi connectivity index (χ0) is 11.4. The number of piperidine rings is 1. The van der Waals surface area contributed by atoms with Gasteiger partial charge in [-0.2, -0.15) is 0 Å². The minimum atomic E-state index is 0.529. The summed E-state index contributed by atoms with van der Waals surface area (Å²) in [6.07, 6.45) is 2.37. The first kappa shape index (κ1) is 12.3. The van der Waals surface area contributed by atoms with Gasteiger partial charge in [-0.15, -0.1) is 0 Å². The number of likely N-dealkylation sites (tertiary alicyclic amines) is 1. The molecule has 3 heteroatoms. The molecule has 0 radical (unpaired) electrons. The second-order valence-electron chi connectivity index (χ2n) is 4.95. The molecule has 88 valence electrons. The summed E-state index contributed by atoms with van der Waals surface area (Å²) in [7, 11) is 0. The van der Waals surface area contributed by atoms with E-state index in [2.05, 4.69) is 37.6 Å². The van der Waals surface area contributed by atoms with Crippen LogP contribution >= 0.6 is 0 Å². The van der Waals surface area contributed by atoms with E-state index in [0.717, 1.165) is 31.4 Å². The van der Waals surface area contributed by atoms with Crippen molar-refractivity contribution in [2.75, 3.05) is 13.1 Å². The van der Waals surface area contributed by atoms with E-state index in [-0.39, 0.29) is 0 Å². The number of aliphatic imine (C=N–C) groups is 1. The lowest BCUT2D eigenvalue weighted by molar-refractivity contribution is 0.145. The number of nitrogens with two attached hydrogens (primary N) is 1. The summed E-state index contributed by atoms with van der Waals surface area (Å²) in [5.41, 5.74) is 6.03. The Kier molecular flexibility index (Phi) is 4.43. The van der Waals surface area contributed by atoms with Crippen LogP contribution in [0.2, 0.25) is 0 Å². The molecule has 0 aromatic rings. The number of rotatable bonds is 2. The van der Waals surface area contributed by atoms with E-state index in [9.17, 15) is 0 Å². The van der Waals surface area contributed by atoms with E-state index in [1.807, 2.05) is 0 Å². The number of guanidine groups is 1. The van der Waals surface area contributed by atoms with Gasteiger partial charge in [-0.05, 0) is 31.6 Å². The molecule has 3 unspecified atom stereocenters. The molecule has 15 heavy (non-hydrogen) atoms. The highest BCUT2D eigenvalue weighted by Gasteiger charge is 2.29. The zero-order valence-corrected chi connectivity index (χ0v) is 10.5. The lowest BCUT2D eigenvalue weighted by Gasteiger charge is -2.41. The summed E-state index contributed by atoms with van der Waals surface area (Å²) in [5, 5.41) is 0. The van der Waals surface area contributed by atoms with Crippen molar-refractivity contribution in [3.63, 3.8) is 0 Å². The third-order valence-electron chi connectivity index (χ3n) is 3.39. The van der Waals surface area contributed by atoms with E-state index in [1.54, 1.807) is 0 Å². The predicted molar refractivity (Wildman–Crippen MR) is 65.9 cm³/mol. The molecular weight excluding hydrogens is 186 g/mol. The summed E-state index contributed by atoms with van der Waals surface area (Å²) >= 11 is 0. The largest absolute Gasteiger partial charge is 0.370 e. The quantitative estimate of drug-likeness (QED) is 0.561. The molecule has 3 nitrogen and oxygen atoms in total. The molecule has 1 aliphatic heterocycles. The predicted octanol–water partition coefficient (Wildman–Crippen LogP) is 2.08. The lowest BCUT2D eigenvalue weighted by Crippen LogP contribution is -2.51. The first-order valence-electron chi connectivity index (χ1n) is 6.12. The van der Waals surface area contributed by atoms with E-state index in [4.69, 9.17) is 5.73 Å². The second-order valence-corrected chi connectivity index (χ2v) is 4.95. The molecule has 0 saturated carbocycles. The van der Waals surface area contributed by atoms with Crippen LogP contribution in [0.4, 0.5) is 0 Å². The van der Waals surface area contributed by atoms with Crippen LogP contribution in [0.5, 0.6) is 0 Å². The standard InChI is InChI=1S/C12H25N3/c1-5-6-14-12(13)15-8-9(2)7-10(3)11(15)4/h9-11H,5-8H2,1-4H3,(H2,13,14). The average molecular weight is 211 g/mol. The van der Waals surface area contributed by atoms with Crippen LogP contribution < -0.4 is 5.73 Å². The van der Waals surface area contributed by atoms with Crippen LogP contribution in [0.1, 0.15) is 40.5 Å². The SMILES string of the molecule is CCCN=C(N)N1CC(C)CC(C)C1C. The van der Waals surface area contributed by atoms with Gasteiger partial charge in [0.15, 0.2) is 5.96 Å². The molecular formula is C12H25N3. The highest BCUT2D eigenvalue weighted by Crippen LogP contribution is 2.26. The molecule has 0 aromatic heterocycles. The summed E-state index contributed by atoms with van der Waals surface area (Å²) in [6.45, 7) is 10.9. The Labute approximate surface area is 93.7 Å². The van der Waals surface area contributed by atoms with E-state index in [1.165, 1.54) is 6.42 Å². The minimum Gasteiger partial charge on any atom is -0.370 e. The monoisotopic (exact) mass is 211 g/mol. The van der Waals surface area contributed by atoms with Crippen molar-refractivity contribution < 1.29 is 0 Å². The summed E-state index contributed by atoms with van der Waals surface area (Å²) in [6, 6.07) is 0.529. The molecule has 0 amide bonds. The first-order valence-corrected chi connectivity index (χ1v) is 6.12. The lowest BCUT2D eigenvalue weighted by atomic mass is 9.86. The fourth-order valence-electron chi connectivity index (χ4n) is 2.33. The molecule has 3 atom stereocenters. The van der Waals surface area contributed by atoms with Crippen LogP contribution in [-0.4, -0.2) is 30.0 Å². The zero-order valence-electron chi connectivity index (χ0n) is 10.5. The van der Waals surface area contributed by atoms with Crippen LogP contribution in [0.25, 0.3) is 0 Å². The first-order chi connectivity index (χ1) is 7.06. The minimum absolute atomic E-state index is 0.529. The van der Waals surface area contributed by atoms with E-state index < -0.39 is 0 Å². The van der Waals surface area contributed by atoms with Gasteiger partial charge in [0, 0.05) is 19.1 Å². The van der Waals surface area contributed by atoms with Gasteiger partial charge in [0.25, 0.3) is 0 Å². The van der Waals surface area contributed by atoms with Crippen molar-refractivity contribution in [2.24, 2.45) is 22.6 Å². The summed E-state index contributed by atoms with van der Waals surface area (Å²) in [4.78, 5) is 6.68. The molecule has 0 bridgehead atoms. The summed E-state index contributed by atoms with van der Waals surface area (Å²) in [5.74, 6) is 2.18. The van der Waals surface area contributed by atoms with Crippen molar-refractivity contribution >= 4 is 5.96 Å². The second kappa shape index (κ2) is 5.38.